The minimum atomic E-state index is -0.581. The molecule has 1 aromatic rings. The Morgan fingerprint density at radius 1 is 1.12 bits per heavy atom. The van der Waals surface area contributed by atoms with Gasteiger partial charge in [0.1, 0.15) is 5.75 Å². The second kappa shape index (κ2) is 6.00. The number of carbonyl (C=O) groups is 2. The van der Waals surface area contributed by atoms with E-state index >= 15 is 0 Å². The van der Waals surface area contributed by atoms with Crippen LogP contribution in [0.1, 0.15) is 37.7 Å². The van der Waals surface area contributed by atoms with Crippen LogP contribution in [0.2, 0.25) is 0 Å². The van der Waals surface area contributed by atoms with Gasteiger partial charge < -0.3 is 9.64 Å². The van der Waals surface area contributed by atoms with Crippen molar-refractivity contribution in [2.24, 2.45) is 5.41 Å². The number of likely N-dealkylation sites (tertiary alicyclic amines) is 1. The zero-order valence-electron chi connectivity index (χ0n) is 13.7. The Labute approximate surface area is 141 Å². The third kappa shape index (κ3) is 2.81. The molecule has 1 saturated carbocycles. The molecule has 128 valence electrons. The van der Waals surface area contributed by atoms with E-state index in [1.54, 1.807) is 0 Å². The van der Waals surface area contributed by atoms with E-state index in [4.69, 9.17) is 4.74 Å². The average molecular weight is 329 g/mol. The summed E-state index contributed by atoms with van der Waals surface area (Å²) in [7, 11) is 0. The van der Waals surface area contributed by atoms with E-state index in [-0.39, 0.29) is 11.9 Å². The van der Waals surface area contributed by atoms with Gasteiger partial charge in [0, 0.05) is 19.5 Å². The number of rotatable bonds is 1. The number of carbonyl (C=O) groups excluding carboxylic acids is 2. The fourth-order valence-corrected chi connectivity index (χ4v) is 4.24. The highest BCUT2D eigenvalue weighted by Gasteiger charge is 2.41. The number of para-hydroxylation sites is 1. The number of hydrogen-bond acceptors (Lipinski definition) is 3. The summed E-state index contributed by atoms with van der Waals surface area (Å²) in [5.41, 5.74) is 6.40. The third-order valence-corrected chi connectivity index (χ3v) is 5.62. The zero-order chi connectivity index (χ0) is 16.6. The topological polar surface area (TPSA) is 70.7 Å². The standard InChI is InChI=1S/C18H23N3O3/c22-16(15-11-13-5-1-2-6-14(13)24-15)19-20-17(23)21-10-9-18(12-21)7-3-4-8-18/h1-2,5-6,15H,3-4,7-12H2,(H,19,22)(H,20,23). The summed E-state index contributed by atoms with van der Waals surface area (Å²) in [5.74, 6) is 0.432. The number of nitrogens with zero attached hydrogens (tertiary/aromatic N) is 1. The maximum absolute atomic E-state index is 12.3. The molecule has 1 unspecified atom stereocenters. The van der Waals surface area contributed by atoms with Crippen molar-refractivity contribution >= 4 is 11.9 Å². The van der Waals surface area contributed by atoms with Crippen LogP contribution >= 0.6 is 0 Å². The number of urea groups is 1. The molecule has 4 rings (SSSR count). The number of hydrazine groups is 1. The van der Waals surface area contributed by atoms with Crippen LogP contribution < -0.4 is 15.6 Å². The Kier molecular flexibility index (Phi) is 3.82. The van der Waals surface area contributed by atoms with Crippen LogP contribution in [0, 0.1) is 5.41 Å². The van der Waals surface area contributed by atoms with Crippen molar-refractivity contribution in [2.75, 3.05) is 13.1 Å². The van der Waals surface area contributed by atoms with Gasteiger partial charge in [-0.1, -0.05) is 31.0 Å². The number of ether oxygens (including phenoxy) is 1. The summed E-state index contributed by atoms with van der Waals surface area (Å²) in [5, 5.41) is 0. The first-order chi connectivity index (χ1) is 11.7. The highest BCUT2D eigenvalue weighted by Crippen LogP contribution is 2.45. The monoisotopic (exact) mass is 329 g/mol. The molecule has 1 atom stereocenters. The second-order valence-corrected chi connectivity index (χ2v) is 7.22. The molecule has 1 aromatic carbocycles. The lowest BCUT2D eigenvalue weighted by Gasteiger charge is -2.23. The molecule has 0 aromatic heterocycles. The fraction of sp³-hybridized carbons (Fsp3) is 0.556. The lowest BCUT2D eigenvalue weighted by molar-refractivity contribution is -0.128. The van der Waals surface area contributed by atoms with Crippen molar-refractivity contribution in [1.82, 2.24) is 15.8 Å². The van der Waals surface area contributed by atoms with Gasteiger partial charge in [0.2, 0.25) is 0 Å². The maximum Gasteiger partial charge on any atom is 0.336 e. The highest BCUT2D eigenvalue weighted by atomic mass is 16.5. The summed E-state index contributed by atoms with van der Waals surface area (Å²) < 4.78 is 5.63. The molecular formula is C18H23N3O3. The lowest BCUT2D eigenvalue weighted by Crippen LogP contribution is -2.52. The Morgan fingerprint density at radius 2 is 1.92 bits per heavy atom. The van der Waals surface area contributed by atoms with Crippen molar-refractivity contribution in [3.63, 3.8) is 0 Å². The van der Waals surface area contributed by atoms with Gasteiger partial charge in [0.25, 0.3) is 5.91 Å². The van der Waals surface area contributed by atoms with Gasteiger partial charge in [-0.25, -0.2) is 10.2 Å². The molecule has 3 aliphatic rings. The highest BCUT2D eigenvalue weighted by molar-refractivity contribution is 5.85. The first-order valence-corrected chi connectivity index (χ1v) is 8.75. The molecule has 2 aliphatic heterocycles. The Balaban J connectivity index is 1.27. The quantitative estimate of drug-likeness (QED) is 0.774. The fourth-order valence-electron chi connectivity index (χ4n) is 4.24. The van der Waals surface area contributed by atoms with Crippen LogP contribution in [-0.2, 0) is 11.2 Å². The molecule has 2 fully saturated rings. The number of amides is 3. The van der Waals surface area contributed by atoms with Crippen molar-refractivity contribution < 1.29 is 14.3 Å². The number of nitrogens with one attached hydrogen (secondary N) is 2. The van der Waals surface area contributed by atoms with Gasteiger partial charge in [-0.3, -0.25) is 10.2 Å². The number of benzene rings is 1. The van der Waals surface area contributed by atoms with Gasteiger partial charge >= 0.3 is 6.03 Å². The van der Waals surface area contributed by atoms with Crippen molar-refractivity contribution in [3.8, 4) is 5.75 Å². The summed E-state index contributed by atoms with van der Waals surface area (Å²) in [6, 6.07) is 7.39. The Hall–Kier alpha value is -2.24. The summed E-state index contributed by atoms with van der Waals surface area (Å²) in [6.07, 6.45) is 6.01. The minimum Gasteiger partial charge on any atom is -0.480 e. The lowest BCUT2D eigenvalue weighted by atomic mass is 9.86. The number of hydrogen-bond donors (Lipinski definition) is 2. The Morgan fingerprint density at radius 3 is 2.71 bits per heavy atom. The second-order valence-electron chi connectivity index (χ2n) is 7.22. The van der Waals surface area contributed by atoms with Crippen molar-refractivity contribution in [3.05, 3.63) is 29.8 Å². The van der Waals surface area contributed by atoms with Crippen LogP contribution in [0.4, 0.5) is 4.79 Å². The molecule has 1 aliphatic carbocycles. The predicted molar refractivity (Wildman–Crippen MR) is 88.3 cm³/mol. The van der Waals surface area contributed by atoms with Crippen molar-refractivity contribution in [1.29, 1.82) is 0 Å². The smallest absolute Gasteiger partial charge is 0.336 e. The molecular weight excluding hydrogens is 306 g/mol. The molecule has 2 N–H and O–H groups in total. The van der Waals surface area contributed by atoms with E-state index in [1.807, 2.05) is 29.2 Å². The summed E-state index contributed by atoms with van der Waals surface area (Å²) in [4.78, 5) is 26.3. The van der Waals surface area contributed by atoms with E-state index < -0.39 is 6.10 Å². The molecule has 1 spiro atoms. The molecule has 0 bridgehead atoms. The molecule has 3 amide bonds. The minimum absolute atomic E-state index is 0.220. The molecule has 24 heavy (non-hydrogen) atoms. The molecule has 0 radical (unpaired) electrons. The zero-order valence-corrected chi connectivity index (χ0v) is 13.7. The van der Waals surface area contributed by atoms with Crippen LogP contribution in [0.5, 0.6) is 5.75 Å². The first kappa shape index (κ1) is 15.3. The van der Waals surface area contributed by atoms with Crippen molar-refractivity contribution in [2.45, 2.75) is 44.6 Å². The predicted octanol–water partition coefficient (Wildman–Crippen LogP) is 2.00. The van der Waals surface area contributed by atoms with Crippen LogP contribution in [0.15, 0.2) is 24.3 Å². The van der Waals surface area contributed by atoms with Gasteiger partial charge in [-0.2, -0.15) is 0 Å². The maximum atomic E-state index is 12.3. The van der Waals surface area contributed by atoms with E-state index in [0.717, 1.165) is 30.8 Å². The van der Waals surface area contributed by atoms with Gasteiger partial charge in [-0.15, -0.1) is 0 Å². The Bertz CT molecular complexity index is 630. The molecule has 6 heteroatoms. The van der Waals surface area contributed by atoms with E-state index in [0.29, 0.717) is 11.8 Å². The normalized spacial score (nSPS) is 23.8. The van der Waals surface area contributed by atoms with Crippen LogP contribution in [-0.4, -0.2) is 36.0 Å². The SMILES string of the molecule is O=C(NNC(=O)N1CCC2(CCCC2)C1)C1Cc2ccccc2O1. The van der Waals surface area contributed by atoms with Gasteiger partial charge in [0.05, 0.1) is 0 Å². The van der Waals surface area contributed by atoms with E-state index in [1.165, 1.54) is 25.7 Å². The third-order valence-electron chi connectivity index (χ3n) is 5.62. The largest absolute Gasteiger partial charge is 0.480 e. The van der Waals surface area contributed by atoms with E-state index in [9.17, 15) is 9.59 Å². The van der Waals surface area contributed by atoms with Crippen LogP contribution in [0.3, 0.4) is 0 Å². The summed E-state index contributed by atoms with van der Waals surface area (Å²) >= 11 is 0. The van der Waals surface area contributed by atoms with Gasteiger partial charge in [0.15, 0.2) is 6.10 Å². The van der Waals surface area contributed by atoms with Crippen LogP contribution in [0.25, 0.3) is 0 Å². The summed E-state index contributed by atoms with van der Waals surface area (Å²) in [6.45, 7) is 1.58. The van der Waals surface area contributed by atoms with Gasteiger partial charge in [-0.05, 0) is 36.3 Å². The average Bonchev–Trinajstić information content (AvgIpc) is 3.32. The number of fused-ring (bicyclic) bond motifs is 1. The molecule has 1 saturated heterocycles. The molecule has 6 nitrogen and oxygen atoms in total. The first-order valence-electron chi connectivity index (χ1n) is 8.75. The van der Waals surface area contributed by atoms with E-state index in [2.05, 4.69) is 10.9 Å². The molecule has 2 heterocycles.